The van der Waals surface area contributed by atoms with E-state index in [1.165, 1.54) is 11.1 Å². The maximum atomic E-state index is 5.80. The molecule has 0 atom stereocenters. The molecule has 0 unspecified atom stereocenters. The number of rotatable bonds is 2. The lowest BCUT2D eigenvalue weighted by molar-refractivity contribution is 0.475. The highest BCUT2D eigenvalue weighted by Crippen LogP contribution is 2.26. The third kappa shape index (κ3) is 2.98. The number of hydrogen-bond acceptors (Lipinski definition) is 2. The quantitative estimate of drug-likeness (QED) is 0.732. The summed E-state index contributed by atoms with van der Waals surface area (Å²) in [4.78, 5) is 4.16. The van der Waals surface area contributed by atoms with Gasteiger partial charge in [-0.2, -0.15) is 0 Å². The number of hydrogen-bond donors (Lipinski definition) is 0. The minimum absolute atomic E-state index is 0.482. The Hall–Kier alpha value is -1.54. The Morgan fingerprint density at radius 2 is 1.65 bits per heavy atom. The topological polar surface area (TPSA) is 22.1 Å². The molecule has 1 aromatic heterocycles. The molecule has 0 fully saturated rings. The molecule has 17 heavy (non-hydrogen) atoms. The Morgan fingerprint density at radius 3 is 2.24 bits per heavy atom. The van der Waals surface area contributed by atoms with Gasteiger partial charge in [-0.1, -0.05) is 17.7 Å². The fraction of sp³-hybridized carbons (Fsp3) is 0.214. The Labute approximate surface area is 106 Å². The molecule has 1 heterocycles. The van der Waals surface area contributed by atoms with E-state index in [-0.39, 0.29) is 0 Å². The van der Waals surface area contributed by atoms with Crippen LogP contribution in [0.3, 0.4) is 0 Å². The van der Waals surface area contributed by atoms with E-state index >= 15 is 0 Å². The van der Waals surface area contributed by atoms with Crippen LogP contribution in [0.1, 0.15) is 16.8 Å². The first-order chi connectivity index (χ1) is 8.04. The first kappa shape index (κ1) is 11.9. The molecule has 2 rings (SSSR count). The molecule has 0 saturated heterocycles. The second-order valence-electron chi connectivity index (χ2n) is 4.14. The molecular formula is C14H14ClNO. The second kappa shape index (κ2) is 4.76. The van der Waals surface area contributed by atoms with Gasteiger partial charge in [0.15, 0.2) is 0 Å². The normalized spacial score (nSPS) is 10.4. The summed E-state index contributed by atoms with van der Waals surface area (Å²) >= 11 is 5.80. The van der Waals surface area contributed by atoms with E-state index in [0.29, 0.717) is 5.15 Å². The predicted molar refractivity (Wildman–Crippen MR) is 70.0 cm³/mol. The molecule has 2 nitrogen and oxygen atoms in total. The van der Waals surface area contributed by atoms with Gasteiger partial charge < -0.3 is 4.74 Å². The standard InChI is InChI=1S/C14H14ClNO/c1-9-6-10(2)8-12(7-9)17-13-4-5-14(15)16-11(13)3/h4-8H,1-3H3. The van der Waals surface area contributed by atoms with Crippen LogP contribution in [-0.4, -0.2) is 4.98 Å². The minimum Gasteiger partial charge on any atom is -0.455 e. The number of nitrogens with zero attached hydrogens (tertiary/aromatic N) is 1. The van der Waals surface area contributed by atoms with Gasteiger partial charge in [-0.15, -0.1) is 0 Å². The zero-order chi connectivity index (χ0) is 12.4. The molecule has 0 amide bonds. The number of ether oxygens (including phenoxy) is 1. The number of aromatic nitrogens is 1. The monoisotopic (exact) mass is 247 g/mol. The minimum atomic E-state index is 0.482. The van der Waals surface area contributed by atoms with E-state index in [2.05, 4.69) is 11.1 Å². The van der Waals surface area contributed by atoms with E-state index in [4.69, 9.17) is 16.3 Å². The highest BCUT2D eigenvalue weighted by Gasteiger charge is 2.04. The summed E-state index contributed by atoms with van der Waals surface area (Å²) in [5.74, 6) is 1.56. The largest absolute Gasteiger partial charge is 0.455 e. The molecule has 0 aliphatic rings. The average Bonchev–Trinajstić information content (AvgIpc) is 2.21. The fourth-order valence-electron chi connectivity index (χ4n) is 1.74. The fourth-order valence-corrected chi connectivity index (χ4v) is 1.93. The van der Waals surface area contributed by atoms with Gasteiger partial charge in [-0.3, -0.25) is 0 Å². The SMILES string of the molecule is Cc1cc(C)cc(Oc2ccc(Cl)nc2C)c1. The summed E-state index contributed by atoms with van der Waals surface area (Å²) in [6, 6.07) is 9.68. The van der Waals surface area contributed by atoms with Crippen LogP contribution in [0.2, 0.25) is 5.15 Å². The van der Waals surface area contributed by atoms with Crippen molar-refractivity contribution in [2.45, 2.75) is 20.8 Å². The van der Waals surface area contributed by atoms with Crippen LogP contribution < -0.4 is 4.74 Å². The van der Waals surface area contributed by atoms with Crippen molar-refractivity contribution < 1.29 is 4.74 Å². The predicted octanol–water partition coefficient (Wildman–Crippen LogP) is 4.45. The maximum absolute atomic E-state index is 5.80. The van der Waals surface area contributed by atoms with Crippen molar-refractivity contribution in [1.29, 1.82) is 0 Å². The molecule has 0 bridgehead atoms. The maximum Gasteiger partial charge on any atom is 0.148 e. The van der Waals surface area contributed by atoms with Gasteiger partial charge >= 0.3 is 0 Å². The van der Waals surface area contributed by atoms with Gasteiger partial charge in [0.1, 0.15) is 16.7 Å². The van der Waals surface area contributed by atoms with E-state index < -0.39 is 0 Å². The van der Waals surface area contributed by atoms with Crippen molar-refractivity contribution in [2.24, 2.45) is 0 Å². The Bertz CT molecular complexity index is 532. The van der Waals surface area contributed by atoms with Crippen molar-refractivity contribution in [3.63, 3.8) is 0 Å². The van der Waals surface area contributed by atoms with Crippen LogP contribution in [0.15, 0.2) is 30.3 Å². The second-order valence-corrected chi connectivity index (χ2v) is 4.53. The van der Waals surface area contributed by atoms with Crippen molar-refractivity contribution >= 4 is 11.6 Å². The summed E-state index contributed by atoms with van der Waals surface area (Å²) < 4.78 is 5.80. The number of benzene rings is 1. The molecule has 0 N–H and O–H groups in total. The Kier molecular flexibility index (Phi) is 3.34. The van der Waals surface area contributed by atoms with E-state index in [9.17, 15) is 0 Å². The molecule has 3 heteroatoms. The molecular weight excluding hydrogens is 234 g/mol. The number of halogens is 1. The zero-order valence-corrected chi connectivity index (χ0v) is 10.9. The summed E-state index contributed by atoms with van der Waals surface area (Å²) in [6.45, 7) is 5.98. The van der Waals surface area contributed by atoms with E-state index in [1.54, 1.807) is 6.07 Å². The summed E-state index contributed by atoms with van der Waals surface area (Å²) in [5, 5.41) is 0.482. The summed E-state index contributed by atoms with van der Waals surface area (Å²) in [5.41, 5.74) is 3.15. The summed E-state index contributed by atoms with van der Waals surface area (Å²) in [6.07, 6.45) is 0. The third-order valence-corrected chi connectivity index (χ3v) is 2.64. The third-order valence-electron chi connectivity index (χ3n) is 2.43. The molecule has 0 saturated carbocycles. The van der Waals surface area contributed by atoms with Gasteiger partial charge in [-0.25, -0.2) is 4.98 Å². The average molecular weight is 248 g/mol. The van der Waals surface area contributed by atoms with Crippen molar-refractivity contribution in [3.05, 3.63) is 52.3 Å². The molecule has 1 aromatic carbocycles. The molecule has 0 radical (unpaired) electrons. The van der Waals surface area contributed by atoms with Gasteiger partial charge in [0.05, 0.1) is 5.69 Å². The smallest absolute Gasteiger partial charge is 0.148 e. The molecule has 0 aliphatic carbocycles. The van der Waals surface area contributed by atoms with Crippen LogP contribution in [-0.2, 0) is 0 Å². The van der Waals surface area contributed by atoms with Gasteiger partial charge in [0.2, 0.25) is 0 Å². The molecule has 0 aliphatic heterocycles. The van der Waals surface area contributed by atoms with Crippen LogP contribution in [0.4, 0.5) is 0 Å². The zero-order valence-electron chi connectivity index (χ0n) is 10.1. The summed E-state index contributed by atoms with van der Waals surface area (Å²) in [7, 11) is 0. The first-order valence-corrected chi connectivity index (χ1v) is 5.82. The highest BCUT2D eigenvalue weighted by atomic mass is 35.5. The molecule has 2 aromatic rings. The van der Waals surface area contributed by atoms with Gasteiger partial charge in [-0.05, 0) is 56.2 Å². The Morgan fingerprint density at radius 1 is 1.00 bits per heavy atom. The van der Waals surface area contributed by atoms with Crippen molar-refractivity contribution in [1.82, 2.24) is 4.98 Å². The van der Waals surface area contributed by atoms with Crippen LogP contribution in [0.25, 0.3) is 0 Å². The number of pyridine rings is 1. The highest BCUT2D eigenvalue weighted by molar-refractivity contribution is 6.29. The number of aryl methyl sites for hydroxylation is 3. The lowest BCUT2D eigenvalue weighted by Gasteiger charge is -2.09. The molecule has 88 valence electrons. The van der Waals surface area contributed by atoms with Crippen LogP contribution in [0.5, 0.6) is 11.5 Å². The lowest BCUT2D eigenvalue weighted by atomic mass is 10.1. The van der Waals surface area contributed by atoms with Crippen molar-refractivity contribution in [2.75, 3.05) is 0 Å². The lowest BCUT2D eigenvalue weighted by Crippen LogP contribution is -1.91. The molecule has 0 spiro atoms. The van der Waals surface area contributed by atoms with Crippen LogP contribution in [0, 0.1) is 20.8 Å². The van der Waals surface area contributed by atoms with Gasteiger partial charge in [0, 0.05) is 0 Å². The Balaban J connectivity index is 2.31. The van der Waals surface area contributed by atoms with Crippen molar-refractivity contribution in [3.8, 4) is 11.5 Å². The first-order valence-electron chi connectivity index (χ1n) is 5.44. The van der Waals surface area contributed by atoms with E-state index in [0.717, 1.165) is 17.2 Å². The van der Waals surface area contributed by atoms with E-state index in [1.807, 2.05) is 39.0 Å². The van der Waals surface area contributed by atoms with Crippen LogP contribution >= 0.6 is 11.6 Å². The van der Waals surface area contributed by atoms with Gasteiger partial charge in [0.25, 0.3) is 0 Å².